The van der Waals surface area contributed by atoms with Gasteiger partial charge in [-0.15, -0.1) is 0 Å². The van der Waals surface area contributed by atoms with Crippen LogP contribution in [0.2, 0.25) is 0 Å². The second-order valence-corrected chi connectivity index (χ2v) is 5.82. The van der Waals surface area contributed by atoms with E-state index < -0.39 is 0 Å². The van der Waals surface area contributed by atoms with Crippen molar-refractivity contribution >= 4 is 5.91 Å². The van der Waals surface area contributed by atoms with Crippen molar-refractivity contribution in [2.75, 3.05) is 27.2 Å². The minimum atomic E-state index is -0.0520. The Morgan fingerprint density at radius 2 is 1.91 bits per heavy atom. The number of hydrogen-bond acceptors (Lipinski definition) is 2. The fraction of sp³-hybridized carbons (Fsp3) is 0.316. The van der Waals surface area contributed by atoms with Gasteiger partial charge in [-0.1, -0.05) is 24.3 Å². The third kappa shape index (κ3) is 5.42. The Balaban J connectivity index is 1.78. The summed E-state index contributed by atoms with van der Waals surface area (Å²) in [6.45, 7) is 4.58. The summed E-state index contributed by atoms with van der Waals surface area (Å²) in [5.74, 6) is 0.872. The van der Waals surface area contributed by atoms with Gasteiger partial charge in [0.05, 0.1) is 7.05 Å². The molecule has 1 unspecified atom stereocenters. The van der Waals surface area contributed by atoms with Gasteiger partial charge in [-0.05, 0) is 36.8 Å². The number of ether oxygens (including phenoxy) is 1. The smallest absolute Gasteiger partial charge is 0.251 e. The lowest BCUT2D eigenvalue weighted by Gasteiger charge is -2.15. The van der Waals surface area contributed by atoms with Gasteiger partial charge in [0.1, 0.15) is 25.4 Å². The average Bonchev–Trinajstić information content (AvgIpc) is 2.55. The first kappa shape index (κ1) is 17.0. The molecule has 0 heterocycles. The SMILES string of the molecule is CNC(=O)c1ccc(C[NH+](C)CCOc2cccc(C)c2)cc1. The lowest BCUT2D eigenvalue weighted by Crippen LogP contribution is -3.08. The van der Waals surface area contributed by atoms with Gasteiger partial charge in [-0.2, -0.15) is 0 Å². The molecule has 0 bridgehead atoms. The van der Waals surface area contributed by atoms with E-state index in [1.807, 2.05) is 42.5 Å². The highest BCUT2D eigenvalue weighted by molar-refractivity contribution is 5.93. The lowest BCUT2D eigenvalue weighted by molar-refractivity contribution is -0.893. The van der Waals surface area contributed by atoms with Crippen LogP contribution in [0.4, 0.5) is 0 Å². The van der Waals surface area contributed by atoms with Crippen LogP contribution in [0, 0.1) is 6.92 Å². The van der Waals surface area contributed by atoms with Crippen molar-refractivity contribution in [2.24, 2.45) is 0 Å². The molecule has 2 aromatic carbocycles. The van der Waals surface area contributed by atoms with Gasteiger partial charge in [-0.25, -0.2) is 0 Å². The first-order chi connectivity index (χ1) is 11.1. The Bertz CT molecular complexity index is 638. The number of carbonyl (C=O) groups is 1. The van der Waals surface area contributed by atoms with E-state index in [1.165, 1.54) is 16.0 Å². The number of carbonyl (C=O) groups excluding carboxylic acids is 1. The molecule has 0 saturated heterocycles. The second kappa shape index (κ2) is 8.34. The molecule has 0 saturated carbocycles. The maximum atomic E-state index is 11.5. The summed E-state index contributed by atoms with van der Waals surface area (Å²) in [4.78, 5) is 12.9. The number of hydrogen-bond donors (Lipinski definition) is 2. The van der Waals surface area contributed by atoms with Gasteiger partial charge in [0.2, 0.25) is 0 Å². The number of likely N-dealkylation sites (N-methyl/N-ethyl adjacent to an activating group) is 1. The first-order valence-electron chi connectivity index (χ1n) is 7.90. The quantitative estimate of drug-likeness (QED) is 0.812. The van der Waals surface area contributed by atoms with Crippen molar-refractivity contribution in [3.05, 3.63) is 65.2 Å². The summed E-state index contributed by atoms with van der Waals surface area (Å²) in [5.41, 5.74) is 3.11. The predicted molar refractivity (Wildman–Crippen MR) is 92.0 cm³/mol. The van der Waals surface area contributed by atoms with Crippen LogP contribution < -0.4 is 15.0 Å². The monoisotopic (exact) mass is 313 g/mol. The van der Waals surface area contributed by atoms with E-state index in [0.717, 1.165) is 18.8 Å². The molecule has 0 spiro atoms. The zero-order valence-corrected chi connectivity index (χ0v) is 14.1. The van der Waals surface area contributed by atoms with Gasteiger partial charge in [0.15, 0.2) is 0 Å². The highest BCUT2D eigenvalue weighted by Gasteiger charge is 2.07. The van der Waals surface area contributed by atoms with Crippen LogP contribution in [0.5, 0.6) is 5.75 Å². The number of nitrogens with one attached hydrogen (secondary N) is 2. The number of benzene rings is 2. The molecule has 122 valence electrons. The minimum absolute atomic E-state index is 0.0520. The Labute approximate surface area is 138 Å². The van der Waals surface area contributed by atoms with Crippen molar-refractivity contribution in [3.8, 4) is 5.75 Å². The van der Waals surface area contributed by atoms with Gasteiger partial charge < -0.3 is 15.0 Å². The summed E-state index contributed by atoms with van der Waals surface area (Å²) >= 11 is 0. The van der Waals surface area contributed by atoms with E-state index in [2.05, 4.69) is 25.4 Å². The molecule has 0 aliphatic heterocycles. The standard InChI is InChI=1S/C19H24N2O2/c1-15-5-4-6-18(13-15)23-12-11-21(3)14-16-7-9-17(10-8-16)19(22)20-2/h4-10,13H,11-12,14H2,1-3H3,(H,20,22)/p+1. The van der Waals surface area contributed by atoms with Crippen molar-refractivity contribution in [2.45, 2.75) is 13.5 Å². The van der Waals surface area contributed by atoms with E-state index in [1.54, 1.807) is 7.05 Å². The Hall–Kier alpha value is -2.33. The molecular formula is C19H25N2O2+. The summed E-state index contributed by atoms with van der Waals surface area (Å²) in [6.07, 6.45) is 0. The lowest BCUT2D eigenvalue weighted by atomic mass is 10.1. The molecule has 2 rings (SSSR count). The van der Waals surface area contributed by atoms with Crippen LogP contribution in [0.1, 0.15) is 21.5 Å². The first-order valence-corrected chi connectivity index (χ1v) is 7.90. The van der Waals surface area contributed by atoms with E-state index in [4.69, 9.17) is 4.74 Å². The molecule has 0 fully saturated rings. The molecule has 2 aromatic rings. The van der Waals surface area contributed by atoms with Crippen molar-refractivity contribution in [1.29, 1.82) is 0 Å². The molecule has 0 aromatic heterocycles. The normalized spacial score (nSPS) is 11.8. The van der Waals surface area contributed by atoms with E-state index in [9.17, 15) is 4.79 Å². The van der Waals surface area contributed by atoms with Gasteiger partial charge >= 0.3 is 0 Å². The van der Waals surface area contributed by atoms with Crippen molar-refractivity contribution in [1.82, 2.24) is 5.32 Å². The van der Waals surface area contributed by atoms with Gasteiger partial charge in [0.25, 0.3) is 5.91 Å². The van der Waals surface area contributed by atoms with Crippen LogP contribution >= 0.6 is 0 Å². The minimum Gasteiger partial charge on any atom is -0.488 e. The predicted octanol–water partition coefficient (Wildman–Crippen LogP) is 1.45. The summed E-state index contributed by atoms with van der Waals surface area (Å²) in [5, 5.41) is 2.63. The van der Waals surface area contributed by atoms with Crippen molar-refractivity contribution < 1.29 is 14.4 Å². The molecule has 23 heavy (non-hydrogen) atoms. The number of quaternary nitrogens is 1. The summed E-state index contributed by atoms with van der Waals surface area (Å²) in [7, 11) is 3.79. The third-order valence-electron chi connectivity index (χ3n) is 3.74. The van der Waals surface area contributed by atoms with Gasteiger partial charge in [-0.3, -0.25) is 4.79 Å². The van der Waals surface area contributed by atoms with Crippen LogP contribution in [0.15, 0.2) is 48.5 Å². The van der Waals surface area contributed by atoms with Crippen LogP contribution in [0.25, 0.3) is 0 Å². The fourth-order valence-electron chi connectivity index (χ4n) is 2.40. The summed E-state index contributed by atoms with van der Waals surface area (Å²) < 4.78 is 5.79. The fourth-order valence-corrected chi connectivity index (χ4v) is 2.40. The topological polar surface area (TPSA) is 42.8 Å². The third-order valence-corrected chi connectivity index (χ3v) is 3.74. The number of aryl methyl sites for hydroxylation is 1. The second-order valence-electron chi connectivity index (χ2n) is 5.82. The van der Waals surface area contributed by atoms with Crippen LogP contribution in [-0.2, 0) is 6.54 Å². The molecule has 1 amide bonds. The largest absolute Gasteiger partial charge is 0.488 e. The van der Waals surface area contributed by atoms with E-state index in [-0.39, 0.29) is 5.91 Å². The van der Waals surface area contributed by atoms with Gasteiger partial charge in [0, 0.05) is 18.2 Å². The maximum Gasteiger partial charge on any atom is 0.251 e. The highest BCUT2D eigenvalue weighted by Crippen LogP contribution is 2.11. The Morgan fingerprint density at radius 3 is 2.57 bits per heavy atom. The molecule has 0 aliphatic carbocycles. The summed E-state index contributed by atoms with van der Waals surface area (Å²) in [6, 6.07) is 15.9. The van der Waals surface area contributed by atoms with Crippen molar-refractivity contribution in [3.63, 3.8) is 0 Å². The molecular weight excluding hydrogens is 288 g/mol. The zero-order valence-electron chi connectivity index (χ0n) is 14.1. The van der Waals surface area contributed by atoms with Crippen LogP contribution in [-0.4, -0.2) is 33.2 Å². The Kier molecular flexibility index (Phi) is 6.18. The highest BCUT2D eigenvalue weighted by atomic mass is 16.5. The zero-order chi connectivity index (χ0) is 16.7. The van der Waals surface area contributed by atoms with E-state index >= 15 is 0 Å². The molecule has 2 N–H and O–H groups in total. The molecule has 1 atom stereocenters. The molecule has 4 heteroatoms. The maximum absolute atomic E-state index is 11.5. The number of rotatable bonds is 7. The number of amides is 1. The molecule has 0 aliphatic rings. The Morgan fingerprint density at radius 1 is 1.17 bits per heavy atom. The van der Waals surface area contributed by atoms with Crippen LogP contribution in [0.3, 0.4) is 0 Å². The van der Waals surface area contributed by atoms with E-state index in [0.29, 0.717) is 12.2 Å². The average molecular weight is 313 g/mol. The molecule has 0 radical (unpaired) electrons. The molecule has 4 nitrogen and oxygen atoms in total.